The number of hydrogen-bond acceptors (Lipinski definition) is 4. The second-order valence-electron chi connectivity index (χ2n) is 7.15. The van der Waals surface area contributed by atoms with E-state index in [4.69, 9.17) is 9.84 Å². The van der Waals surface area contributed by atoms with E-state index in [1.807, 2.05) is 18.6 Å². The maximum Gasteiger partial charge on any atom is 0.305 e. The van der Waals surface area contributed by atoms with Crippen molar-refractivity contribution in [1.82, 2.24) is 9.55 Å². The van der Waals surface area contributed by atoms with E-state index in [0.29, 0.717) is 12.5 Å². The third-order valence-corrected chi connectivity index (χ3v) is 5.13. The van der Waals surface area contributed by atoms with E-state index < -0.39 is 5.97 Å². The van der Waals surface area contributed by atoms with Gasteiger partial charge < -0.3 is 19.3 Å². The number of aromatic nitrogens is 2. The first-order valence-electron chi connectivity index (χ1n) is 9.86. The standard InChI is InChI=1S/C21H29N3O3/c1-2-3-4-13-27-18-5-6-20-19(14-18)17(7-10-23-12-9-22-16-23)15-24(20)11-8-21(25)26/h5-6,9,12,14,16-17H,2-4,7-8,10-11,13,15H2,1H3,(H,25,26). The number of nitrogens with zero attached hydrogens (tertiary/aromatic N) is 3. The number of aryl methyl sites for hydroxylation is 1. The van der Waals surface area contributed by atoms with Crippen LogP contribution in [0.2, 0.25) is 0 Å². The molecule has 0 spiro atoms. The van der Waals surface area contributed by atoms with Crippen LogP contribution in [0.25, 0.3) is 0 Å². The third-order valence-electron chi connectivity index (χ3n) is 5.13. The fourth-order valence-electron chi connectivity index (χ4n) is 3.66. The first kappa shape index (κ1) is 19.3. The summed E-state index contributed by atoms with van der Waals surface area (Å²) in [5.74, 6) is 0.530. The number of fused-ring (bicyclic) bond motifs is 1. The van der Waals surface area contributed by atoms with Crippen LogP contribution in [0.15, 0.2) is 36.9 Å². The quantitative estimate of drug-likeness (QED) is 0.606. The van der Waals surface area contributed by atoms with Gasteiger partial charge in [0, 0.05) is 43.6 Å². The Balaban J connectivity index is 1.70. The number of carboxylic acids is 1. The van der Waals surface area contributed by atoms with Crippen LogP contribution in [0, 0.1) is 0 Å². The Bertz CT molecular complexity index is 730. The van der Waals surface area contributed by atoms with Crippen LogP contribution in [-0.4, -0.2) is 40.3 Å². The van der Waals surface area contributed by atoms with Gasteiger partial charge in [0.05, 0.1) is 19.4 Å². The van der Waals surface area contributed by atoms with Crippen LogP contribution in [0.4, 0.5) is 5.69 Å². The molecule has 2 aromatic rings. The summed E-state index contributed by atoms with van der Waals surface area (Å²) in [4.78, 5) is 17.3. The second-order valence-corrected chi connectivity index (χ2v) is 7.15. The van der Waals surface area contributed by atoms with E-state index in [2.05, 4.69) is 33.5 Å². The molecule has 1 unspecified atom stereocenters. The fraction of sp³-hybridized carbons (Fsp3) is 0.524. The minimum Gasteiger partial charge on any atom is -0.494 e. The fourth-order valence-corrected chi connectivity index (χ4v) is 3.66. The van der Waals surface area contributed by atoms with Crippen molar-refractivity contribution in [3.63, 3.8) is 0 Å². The van der Waals surface area contributed by atoms with Crippen LogP contribution in [0.1, 0.15) is 50.5 Å². The molecule has 0 saturated carbocycles. The van der Waals surface area contributed by atoms with Gasteiger partial charge in [0.25, 0.3) is 0 Å². The van der Waals surface area contributed by atoms with Crippen LogP contribution in [0.5, 0.6) is 5.75 Å². The lowest BCUT2D eigenvalue weighted by molar-refractivity contribution is -0.136. The van der Waals surface area contributed by atoms with E-state index in [9.17, 15) is 4.79 Å². The lowest BCUT2D eigenvalue weighted by atomic mass is 9.97. The summed E-state index contributed by atoms with van der Waals surface area (Å²) in [6, 6.07) is 6.25. The van der Waals surface area contributed by atoms with Gasteiger partial charge in [0.1, 0.15) is 5.75 Å². The Morgan fingerprint density at radius 2 is 2.22 bits per heavy atom. The Labute approximate surface area is 160 Å². The van der Waals surface area contributed by atoms with Crippen molar-refractivity contribution >= 4 is 11.7 Å². The minimum absolute atomic E-state index is 0.156. The van der Waals surface area contributed by atoms with Gasteiger partial charge in [-0.25, -0.2) is 4.98 Å². The Hall–Kier alpha value is -2.50. The molecule has 1 aliphatic heterocycles. The normalized spacial score (nSPS) is 15.7. The van der Waals surface area contributed by atoms with Crippen molar-refractivity contribution in [2.24, 2.45) is 0 Å². The van der Waals surface area contributed by atoms with Crippen molar-refractivity contribution in [3.05, 3.63) is 42.5 Å². The van der Waals surface area contributed by atoms with Crippen molar-refractivity contribution in [3.8, 4) is 5.75 Å². The summed E-state index contributed by atoms with van der Waals surface area (Å²) >= 11 is 0. The highest BCUT2D eigenvalue weighted by atomic mass is 16.5. The second kappa shape index (κ2) is 9.44. The first-order valence-corrected chi connectivity index (χ1v) is 9.86. The first-order chi connectivity index (χ1) is 13.2. The summed E-state index contributed by atoms with van der Waals surface area (Å²) < 4.78 is 8.03. The number of imidazole rings is 1. The van der Waals surface area contributed by atoms with Gasteiger partial charge in [-0.3, -0.25) is 4.79 Å². The van der Waals surface area contributed by atoms with E-state index >= 15 is 0 Å². The number of carboxylic acid groups (broad SMARTS) is 1. The van der Waals surface area contributed by atoms with E-state index in [1.165, 1.54) is 18.4 Å². The van der Waals surface area contributed by atoms with Crippen LogP contribution >= 0.6 is 0 Å². The van der Waals surface area contributed by atoms with Gasteiger partial charge in [0.15, 0.2) is 0 Å². The van der Waals surface area contributed by atoms with Gasteiger partial charge in [-0.1, -0.05) is 19.8 Å². The maximum atomic E-state index is 11.0. The van der Waals surface area contributed by atoms with Crippen molar-refractivity contribution in [2.45, 2.75) is 51.5 Å². The molecule has 1 aliphatic rings. The maximum absolute atomic E-state index is 11.0. The monoisotopic (exact) mass is 371 g/mol. The zero-order valence-electron chi connectivity index (χ0n) is 16.0. The van der Waals surface area contributed by atoms with E-state index in [1.54, 1.807) is 6.20 Å². The summed E-state index contributed by atoms with van der Waals surface area (Å²) in [5, 5.41) is 9.04. The summed E-state index contributed by atoms with van der Waals surface area (Å²) in [6.07, 6.45) is 10.2. The molecular weight excluding hydrogens is 342 g/mol. The molecule has 0 bridgehead atoms. The molecule has 2 heterocycles. The van der Waals surface area contributed by atoms with Gasteiger partial charge in [0.2, 0.25) is 0 Å². The summed E-state index contributed by atoms with van der Waals surface area (Å²) in [7, 11) is 0. The average molecular weight is 371 g/mol. The summed E-state index contributed by atoms with van der Waals surface area (Å²) in [6.45, 7) is 5.23. The van der Waals surface area contributed by atoms with Gasteiger partial charge in [-0.15, -0.1) is 0 Å². The van der Waals surface area contributed by atoms with Crippen molar-refractivity contribution in [2.75, 3.05) is 24.6 Å². The highest BCUT2D eigenvalue weighted by Gasteiger charge is 2.29. The molecule has 1 aromatic heterocycles. The predicted octanol–water partition coefficient (Wildman–Crippen LogP) is 3.92. The van der Waals surface area contributed by atoms with Gasteiger partial charge >= 0.3 is 5.97 Å². The lowest BCUT2D eigenvalue weighted by Gasteiger charge is -2.19. The van der Waals surface area contributed by atoms with E-state index in [0.717, 1.165) is 44.0 Å². The smallest absolute Gasteiger partial charge is 0.305 e. The molecule has 6 heteroatoms. The molecule has 146 valence electrons. The van der Waals surface area contributed by atoms with Crippen molar-refractivity contribution in [1.29, 1.82) is 0 Å². The molecule has 3 rings (SSSR count). The number of unbranched alkanes of at least 4 members (excludes halogenated alkanes) is 2. The van der Waals surface area contributed by atoms with Gasteiger partial charge in [-0.2, -0.15) is 0 Å². The topological polar surface area (TPSA) is 67.6 Å². The molecule has 6 nitrogen and oxygen atoms in total. The molecule has 0 fully saturated rings. The zero-order valence-corrected chi connectivity index (χ0v) is 16.0. The lowest BCUT2D eigenvalue weighted by Crippen LogP contribution is -2.25. The van der Waals surface area contributed by atoms with Crippen LogP contribution < -0.4 is 9.64 Å². The minimum atomic E-state index is -0.755. The number of ether oxygens (including phenoxy) is 1. The van der Waals surface area contributed by atoms with Crippen LogP contribution in [0.3, 0.4) is 0 Å². The number of hydrogen-bond donors (Lipinski definition) is 1. The Kier molecular flexibility index (Phi) is 6.74. The molecule has 1 atom stereocenters. The largest absolute Gasteiger partial charge is 0.494 e. The molecule has 27 heavy (non-hydrogen) atoms. The molecule has 1 aromatic carbocycles. The third kappa shape index (κ3) is 5.25. The molecule has 0 saturated heterocycles. The number of anilines is 1. The average Bonchev–Trinajstić information content (AvgIpc) is 3.29. The number of rotatable bonds is 11. The van der Waals surface area contributed by atoms with Crippen molar-refractivity contribution < 1.29 is 14.6 Å². The Morgan fingerprint density at radius 3 is 2.96 bits per heavy atom. The highest BCUT2D eigenvalue weighted by Crippen LogP contribution is 2.40. The predicted molar refractivity (Wildman–Crippen MR) is 106 cm³/mol. The molecule has 0 amide bonds. The van der Waals surface area contributed by atoms with Gasteiger partial charge in [-0.05, 0) is 36.6 Å². The molecular formula is C21H29N3O3. The molecule has 0 radical (unpaired) electrons. The number of benzene rings is 1. The highest BCUT2D eigenvalue weighted by molar-refractivity contribution is 5.69. The van der Waals surface area contributed by atoms with E-state index in [-0.39, 0.29) is 6.42 Å². The summed E-state index contributed by atoms with van der Waals surface area (Å²) in [5.41, 5.74) is 2.42. The number of carbonyl (C=O) groups is 1. The SMILES string of the molecule is CCCCCOc1ccc2c(c1)C(CCn1ccnc1)CN2CCC(=O)O. The zero-order chi connectivity index (χ0) is 19.1. The Morgan fingerprint density at radius 1 is 1.33 bits per heavy atom. The van der Waals surface area contributed by atoms with Crippen LogP contribution in [-0.2, 0) is 11.3 Å². The number of aliphatic carboxylic acids is 1. The molecule has 0 aliphatic carbocycles. The molecule has 1 N–H and O–H groups in total.